The van der Waals surface area contributed by atoms with E-state index in [0.717, 1.165) is 0 Å². The number of aromatic nitrogens is 2. The lowest BCUT2D eigenvalue weighted by Crippen LogP contribution is -2.46. The Morgan fingerprint density at radius 2 is 1.89 bits per heavy atom. The van der Waals surface area contributed by atoms with Crippen LogP contribution in [0, 0.1) is 0 Å². The van der Waals surface area contributed by atoms with Crippen molar-refractivity contribution in [2.45, 2.75) is 12.2 Å². The van der Waals surface area contributed by atoms with Gasteiger partial charge in [0, 0.05) is 17.8 Å². The van der Waals surface area contributed by atoms with Gasteiger partial charge in [-0.15, -0.1) is 0 Å². The average Bonchev–Trinajstić information content (AvgIpc) is 3.19. The maximum atomic E-state index is 12.5. The van der Waals surface area contributed by atoms with Crippen LogP contribution >= 0.6 is 0 Å². The molecule has 11 heteroatoms. The highest BCUT2D eigenvalue weighted by Crippen LogP contribution is 2.30. The largest absolute Gasteiger partial charge is 0.471 e. The first-order chi connectivity index (χ1) is 13.3. The lowest BCUT2D eigenvalue weighted by molar-refractivity contribution is -0.159. The van der Waals surface area contributed by atoms with Gasteiger partial charge >= 0.3 is 12.1 Å². The maximum Gasteiger partial charge on any atom is 0.471 e. The molecule has 3 aromatic rings. The summed E-state index contributed by atoms with van der Waals surface area (Å²) in [6, 6.07) is 5.65. The summed E-state index contributed by atoms with van der Waals surface area (Å²) in [5, 5.41) is 9.31. The van der Waals surface area contributed by atoms with E-state index >= 15 is 0 Å². The minimum absolute atomic E-state index is 0.180. The van der Waals surface area contributed by atoms with Crippen molar-refractivity contribution in [3.05, 3.63) is 56.2 Å². The Morgan fingerprint density at radius 3 is 2.50 bits per heavy atom. The van der Waals surface area contributed by atoms with Gasteiger partial charge in [-0.3, -0.25) is 9.59 Å². The molecule has 8 nitrogen and oxygen atoms in total. The van der Waals surface area contributed by atoms with Crippen LogP contribution in [0.25, 0.3) is 11.4 Å². The lowest BCUT2D eigenvalue weighted by atomic mass is 9.98. The second-order valence-electron chi connectivity index (χ2n) is 6.15. The molecule has 0 amide bonds. The van der Waals surface area contributed by atoms with E-state index in [0.29, 0.717) is 30.0 Å². The minimum atomic E-state index is -4.72. The van der Waals surface area contributed by atoms with E-state index in [9.17, 15) is 22.8 Å². The highest BCUT2D eigenvalue weighted by atomic mass is 19.4. The van der Waals surface area contributed by atoms with Crippen molar-refractivity contribution in [3.8, 4) is 11.4 Å². The molecule has 2 N–H and O–H groups in total. The van der Waals surface area contributed by atoms with E-state index < -0.39 is 22.9 Å². The number of nitrogens with one attached hydrogen (secondary N) is 2. The molecule has 28 heavy (non-hydrogen) atoms. The number of hydrogen-bond acceptors (Lipinski definition) is 8. The quantitative estimate of drug-likeness (QED) is 0.645. The van der Waals surface area contributed by atoms with E-state index in [1.165, 1.54) is 24.3 Å². The summed E-state index contributed by atoms with van der Waals surface area (Å²) in [6.45, 7) is 1.39. The molecule has 4 rings (SSSR count). The van der Waals surface area contributed by atoms with E-state index in [-0.39, 0.29) is 24.2 Å². The van der Waals surface area contributed by atoms with Crippen molar-refractivity contribution >= 4 is 11.4 Å². The van der Waals surface area contributed by atoms with Crippen LogP contribution in [0.5, 0.6) is 0 Å². The Morgan fingerprint density at radius 1 is 1.14 bits per heavy atom. The SMILES string of the molecule is O=c1c(Nc2ccc(-c3noc(C(F)(F)F)n3)cc2)c(C2COCCN2)c1=O. The molecule has 146 valence electrons. The Bertz CT molecular complexity index is 1060. The van der Waals surface area contributed by atoms with Crippen LogP contribution in [0.4, 0.5) is 24.5 Å². The van der Waals surface area contributed by atoms with Crippen LogP contribution in [0.3, 0.4) is 0 Å². The Hall–Kier alpha value is -3.05. The number of nitrogens with zero attached hydrogens (tertiary/aromatic N) is 2. The fourth-order valence-corrected chi connectivity index (χ4v) is 2.92. The highest BCUT2D eigenvalue weighted by molar-refractivity contribution is 5.69. The first-order valence-electron chi connectivity index (χ1n) is 8.27. The molecule has 0 aliphatic carbocycles. The first kappa shape index (κ1) is 18.3. The second kappa shape index (κ2) is 6.84. The van der Waals surface area contributed by atoms with Crippen molar-refractivity contribution in [2.24, 2.45) is 0 Å². The van der Waals surface area contributed by atoms with Crippen molar-refractivity contribution in [1.29, 1.82) is 0 Å². The van der Waals surface area contributed by atoms with Gasteiger partial charge in [-0.2, -0.15) is 18.2 Å². The number of morpholine rings is 1. The first-order valence-corrected chi connectivity index (χ1v) is 8.27. The fraction of sp³-hybridized carbons (Fsp3) is 0.294. The van der Waals surface area contributed by atoms with E-state index in [1.54, 1.807) is 0 Å². The molecule has 0 radical (unpaired) electrons. The number of hydrogen-bond donors (Lipinski definition) is 2. The number of benzene rings is 1. The number of anilines is 2. The van der Waals surface area contributed by atoms with Gasteiger partial charge in [-0.05, 0) is 24.3 Å². The predicted octanol–water partition coefficient (Wildman–Crippen LogP) is 1.76. The molecule has 1 saturated heterocycles. The molecular formula is C17H13F3N4O4. The number of ether oxygens (including phenoxy) is 1. The smallest absolute Gasteiger partial charge is 0.378 e. The second-order valence-corrected chi connectivity index (χ2v) is 6.15. The van der Waals surface area contributed by atoms with Gasteiger partial charge in [0.2, 0.25) is 16.7 Å². The van der Waals surface area contributed by atoms with E-state index in [2.05, 4.69) is 25.3 Å². The van der Waals surface area contributed by atoms with E-state index in [1.807, 2.05) is 0 Å². The van der Waals surface area contributed by atoms with Gasteiger partial charge in [0.05, 0.1) is 30.5 Å². The van der Waals surface area contributed by atoms with Gasteiger partial charge in [0.15, 0.2) is 0 Å². The summed E-state index contributed by atoms with van der Waals surface area (Å²) in [5.41, 5.74) is 0.111. The van der Waals surface area contributed by atoms with Crippen LogP contribution in [-0.4, -0.2) is 29.9 Å². The molecule has 2 aromatic carbocycles. The summed E-state index contributed by atoms with van der Waals surface area (Å²) >= 11 is 0. The lowest BCUT2D eigenvalue weighted by Gasteiger charge is -2.26. The van der Waals surface area contributed by atoms with Gasteiger partial charge in [-0.1, -0.05) is 5.16 Å². The Kier molecular flexibility index (Phi) is 4.47. The van der Waals surface area contributed by atoms with Crippen LogP contribution < -0.4 is 21.5 Å². The number of halogens is 3. The van der Waals surface area contributed by atoms with Crippen LogP contribution in [-0.2, 0) is 10.9 Å². The van der Waals surface area contributed by atoms with Crippen LogP contribution in [0.1, 0.15) is 17.5 Å². The third kappa shape index (κ3) is 3.29. The molecule has 0 bridgehead atoms. The Balaban J connectivity index is 1.53. The molecule has 1 aromatic heterocycles. The molecule has 1 fully saturated rings. The standard InChI is InChI=1S/C17H13F3N4O4/c18-17(19,20)16-23-15(24-28-16)8-1-3-9(4-2-8)22-12-11(13(25)14(12)26)10-7-27-6-5-21-10/h1-4,10,21-22H,5-7H2. The summed E-state index contributed by atoms with van der Waals surface area (Å²) < 4.78 is 47.2. The molecule has 1 atom stereocenters. The van der Waals surface area contributed by atoms with Gasteiger partial charge in [0.25, 0.3) is 0 Å². The third-order valence-electron chi connectivity index (χ3n) is 4.30. The predicted molar refractivity (Wildman–Crippen MR) is 90.9 cm³/mol. The van der Waals surface area contributed by atoms with Crippen molar-refractivity contribution in [1.82, 2.24) is 15.5 Å². The number of rotatable bonds is 4. The Labute approximate surface area is 155 Å². The maximum absolute atomic E-state index is 12.5. The van der Waals surface area contributed by atoms with Crippen molar-refractivity contribution in [2.75, 3.05) is 25.1 Å². The summed E-state index contributed by atoms with van der Waals surface area (Å²) in [4.78, 5) is 27.2. The fourth-order valence-electron chi connectivity index (χ4n) is 2.92. The highest BCUT2D eigenvalue weighted by Gasteiger charge is 2.38. The van der Waals surface area contributed by atoms with Gasteiger partial charge in [-0.25, -0.2) is 0 Å². The zero-order valence-electron chi connectivity index (χ0n) is 14.2. The van der Waals surface area contributed by atoms with Crippen molar-refractivity contribution in [3.63, 3.8) is 0 Å². The molecule has 2 heterocycles. The third-order valence-corrected chi connectivity index (χ3v) is 4.30. The normalized spacial score (nSPS) is 17.8. The minimum Gasteiger partial charge on any atom is -0.378 e. The zero-order chi connectivity index (χ0) is 19.9. The summed E-state index contributed by atoms with van der Waals surface area (Å²) in [6.07, 6.45) is -4.72. The topological polar surface area (TPSA) is 106 Å². The van der Waals surface area contributed by atoms with Gasteiger partial charge in [0.1, 0.15) is 0 Å². The summed E-state index contributed by atoms with van der Waals surface area (Å²) in [7, 11) is 0. The number of alkyl halides is 3. The van der Waals surface area contributed by atoms with E-state index in [4.69, 9.17) is 4.74 Å². The summed E-state index contributed by atoms with van der Waals surface area (Å²) in [5.74, 6) is -1.64. The average molecular weight is 394 g/mol. The molecule has 0 spiro atoms. The van der Waals surface area contributed by atoms with Crippen molar-refractivity contribution < 1.29 is 22.4 Å². The molecular weight excluding hydrogens is 381 g/mol. The zero-order valence-corrected chi connectivity index (χ0v) is 14.2. The molecule has 1 unspecified atom stereocenters. The van der Waals surface area contributed by atoms with Gasteiger partial charge < -0.3 is 19.9 Å². The molecule has 0 saturated carbocycles. The van der Waals surface area contributed by atoms with Crippen LogP contribution in [0.15, 0.2) is 38.4 Å². The monoisotopic (exact) mass is 394 g/mol. The molecule has 1 aliphatic heterocycles. The van der Waals surface area contributed by atoms with Crippen LogP contribution in [0.2, 0.25) is 0 Å². The molecule has 1 aliphatic rings.